The Balaban J connectivity index is 0.00000225. The van der Waals surface area contributed by atoms with Gasteiger partial charge in [-0.25, -0.2) is 4.98 Å². The van der Waals surface area contributed by atoms with Gasteiger partial charge in [-0.1, -0.05) is 12.1 Å². The van der Waals surface area contributed by atoms with Crippen molar-refractivity contribution in [1.82, 2.24) is 30.3 Å². The number of aryl methyl sites for hydroxylation is 2. The lowest BCUT2D eigenvalue weighted by atomic mass is 10.1. The van der Waals surface area contributed by atoms with Gasteiger partial charge in [0, 0.05) is 38.0 Å². The Morgan fingerprint density at radius 2 is 2.11 bits per heavy atom. The molecule has 0 saturated heterocycles. The Morgan fingerprint density at radius 1 is 1.29 bits per heavy atom. The van der Waals surface area contributed by atoms with Crippen LogP contribution in [0.4, 0.5) is 5.69 Å². The fraction of sp³-hybridized carbons (Fsp3) is 0.368. The van der Waals surface area contributed by atoms with Gasteiger partial charge in [-0.2, -0.15) is 10.2 Å². The van der Waals surface area contributed by atoms with Crippen LogP contribution in [0.2, 0.25) is 0 Å². The zero-order chi connectivity index (χ0) is 18.6. The van der Waals surface area contributed by atoms with Crippen LogP contribution in [-0.2, 0) is 30.7 Å². The van der Waals surface area contributed by atoms with E-state index in [1.165, 1.54) is 5.69 Å². The molecule has 3 N–H and O–H groups in total. The molecule has 1 aliphatic heterocycles. The first-order valence-electron chi connectivity index (χ1n) is 9.19. The van der Waals surface area contributed by atoms with Crippen molar-refractivity contribution in [2.45, 2.75) is 39.3 Å². The lowest BCUT2D eigenvalue weighted by molar-refractivity contribution is -0.116. The molecule has 1 amide bonds. The van der Waals surface area contributed by atoms with Crippen molar-refractivity contribution in [3.8, 4) is 0 Å². The molecule has 0 fully saturated rings. The van der Waals surface area contributed by atoms with Crippen LogP contribution in [0.25, 0.3) is 0 Å². The van der Waals surface area contributed by atoms with E-state index in [1.807, 2.05) is 35.9 Å². The molecule has 8 nitrogen and oxygen atoms in total. The van der Waals surface area contributed by atoms with E-state index in [9.17, 15) is 4.79 Å². The summed E-state index contributed by atoms with van der Waals surface area (Å²) in [6.45, 7) is 4.56. The molecular weight excluding hydrogens is 378 g/mol. The number of anilines is 1. The van der Waals surface area contributed by atoms with Crippen LogP contribution in [0.5, 0.6) is 0 Å². The highest BCUT2D eigenvalue weighted by Crippen LogP contribution is 2.14. The van der Waals surface area contributed by atoms with Gasteiger partial charge in [-0.05, 0) is 30.7 Å². The largest absolute Gasteiger partial charge is 0.326 e. The molecule has 0 bridgehead atoms. The maximum absolute atomic E-state index is 12.2. The van der Waals surface area contributed by atoms with Crippen molar-refractivity contribution in [1.29, 1.82) is 0 Å². The number of hydrogen-bond acceptors (Lipinski definition) is 5. The normalized spacial score (nSPS) is 12.9. The summed E-state index contributed by atoms with van der Waals surface area (Å²) >= 11 is 0. The first kappa shape index (κ1) is 20.0. The summed E-state index contributed by atoms with van der Waals surface area (Å²) in [6, 6.07) is 9.87. The molecule has 9 heteroatoms. The number of fused-ring (bicyclic) bond motifs is 1. The zero-order valence-electron chi connectivity index (χ0n) is 15.7. The fourth-order valence-corrected chi connectivity index (χ4v) is 3.20. The van der Waals surface area contributed by atoms with Crippen molar-refractivity contribution in [2.24, 2.45) is 0 Å². The van der Waals surface area contributed by atoms with Gasteiger partial charge in [-0.3, -0.25) is 14.6 Å². The highest BCUT2D eigenvalue weighted by atomic mass is 35.5. The Hall–Kier alpha value is -2.71. The number of benzene rings is 1. The smallest absolute Gasteiger partial charge is 0.224 e. The number of aromatic amines is 1. The molecule has 0 aliphatic carbocycles. The molecule has 0 spiro atoms. The maximum Gasteiger partial charge on any atom is 0.224 e. The molecular formula is C19H24ClN7O. The van der Waals surface area contributed by atoms with Crippen LogP contribution in [0.1, 0.15) is 35.0 Å². The third-order valence-electron chi connectivity index (χ3n) is 4.57. The second-order valence-electron chi connectivity index (χ2n) is 6.79. The number of nitrogens with one attached hydrogen (secondary N) is 3. The van der Waals surface area contributed by atoms with E-state index in [0.29, 0.717) is 19.3 Å². The summed E-state index contributed by atoms with van der Waals surface area (Å²) in [5, 5.41) is 17.8. The Kier molecular flexibility index (Phi) is 6.43. The molecule has 0 saturated carbocycles. The summed E-state index contributed by atoms with van der Waals surface area (Å²) < 4.78 is 2.03. The quantitative estimate of drug-likeness (QED) is 0.586. The van der Waals surface area contributed by atoms with Gasteiger partial charge in [0.25, 0.3) is 0 Å². The fourth-order valence-electron chi connectivity index (χ4n) is 3.20. The number of rotatable bonds is 6. The van der Waals surface area contributed by atoms with Gasteiger partial charge in [0.2, 0.25) is 5.91 Å². The molecule has 4 rings (SSSR count). The van der Waals surface area contributed by atoms with Gasteiger partial charge in [0.1, 0.15) is 5.82 Å². The van der Waals surface area contributed by atoms with Crippen LogP contribution in [0.3, 0.4) is 0 Å². The molecule has 28 heavy (non-hydrogen) atoms. The molecule has 3 heterocycles. The molecule has 1 aliphatic rings. The van der Waals surface area contributed by atoms with Gasteiger partial charge in [0.05, 0.1) is 17.9 Å². The predicted octanol–water partition coefficient (Wildman–Crippen LogP) is 2.00. The molecule has 0 unspecified atom stereocenters. The predicted molar refractivity (Wildman–Crippen MR) is 109 cm³/mol. The first-order chi connectivity index (χ1) is 13.2. The van der Waals surface area contributed by atoms with Gasteiger partial charge in [0.15, 0.2) is 5.82 Å². The Bertz CT molecular complexity index is 909. The van der Waals surface area contributed by atoms with E-state index in [2.05, 4.69) is 37.0 Å². The Labute approximate surface area is 169 Å². The van der Waals surface area contributed by atoms with Crippen molar-refractivity contribution in [2.75, 3.05) is 11.9 Å². The Morgan fingerprint density at radius 3 is 2.82 bits per heavy atom. The van der Waals surface area contributed by atoms with E-state index in [-0.39, 0.29) is 18.3 Å². The van der Waals surface area contributed by atoms with E-state index < -0.39 is 0 Å². The molecule has 3 aromatic rings. The monoisotopic (exact) mass is 401 g/mol. The average Bonchev–Trinajstić information content (AvgIpc) is 3.27. The van der Waals surface area contributed by atoms with Crippen LogP contribution >= 0.6 is 12.4 Å². The van der Waals surface area contributed by atoms with E-state index in [1.54, 1.807) is 0 Å². The zero-order valence-corrected chi connectivity index (χ0v) is 16.6. The third kappa shape index (κ3) is 4.96. The maximum atomic E-state index is 12.2. The van der Waals surface area contributed by atoms with E-state index in [0.717, 1.165) is 48.2 Å². The van der Waals surface area contributed by atoms with Gasteiger partial charge < -0.3 is 10.6 Å². The molecule has 148 valence electrons. The number of amides is 1. The summed E-state index contributed by atoms with van der Waals surface area (Å²) in [5.74, 6) is 1.57. The molecule has 0 radical (unpaired) electrons. The second kappa shape index (κ2) is 8.99. The standard InChI is InChI=1S/C19H23N7O.ClH/c1-13-21-18(24-23-13)10-14-2-4-15(5-3-14)22-19(27)7-6-16-11-17-12-20-8-9-26(17)25-16;/h2-5,11,20H,6-10,12H2,1H3,(H,22,27)(H,21,23,24);1H. The summed E-state index contributed by atoms with van der Waals surface area (Å²) in [6.07, 6.45) is 1.73. The minimum atomic E-state index is -0.00330. The van der Waals surface area contributed by atoms with Crippen LogP contribution in [0.15, 0.2) is 30.3 Å². The summed E-state index contributed by atoms with van der Waals surface area (Å²) in [4.78, 5) is 16.5. The number of halogens is 1. The summed E-state index contributed by atoms with van der Waals surface area (Å²) in [7, 11) is 0. The number of carbonyl (C=O) groups is 1. The van der Waals surface area contributed by atoms with Gasteiger partial charge >= 0.3 is 0 Å². The van der Waals surface area contributed by atoms with Crippen molar-refractivity contribution >= 4 is 24.0 Å². The second-order valence-corrected chi connectivity index (χ2v) is 6.79. The van der Waals surface area contributed by atoms with Crippen LogP contribution in [-0.4, -0.2) is 37.4 Å². The van der Waals surface area contributed by atoms with Crippen LogP contribution in [0, 0.1) is 6.92 Å². The average molecular weight is 402 g/mol. The number of hydrogen-bond donors (Lipinski definition) is 3. The van der Waals surface area contributed by atoms with Crippen molar-refractivity contribution in [3.05, 3.63) is 58.9 Å². The highest BCUT2D eigenvalue weighted by molar-refractivity contribution is 5.90. The number of aromatic nitrogens is 5. The molecule has 0 atom stereocenters. The minimum Gasteiger partial charge on any atom is -0.326 e. The highest BCUT2D eigenvalue weighted by Gasteiger charge is 2.12. The number of nitrogens with zero attached hydrogens (tertiary/aromatic N) is 4. The summed E-state index contributed by atoms with van der Waals surface area (Å²) in [5.41, 5.74) is 4.06. The minimum absolute atomic E-state index is 0. The lowest BCUT2D eigenvalue weighted by Crippen LogP contribution is -2.28. The van der Waals surface area contributed by atoms with Gasteiger partial charge in [-0.15, -0.1) is 12.4 Å². The molecule has 2 aromatic heterocycles. The topological polar surface area (TPSA) is 101 Å². The number of carbonyl (C=O) groups excluding carboxylic acids is 1. The third-order valence-corrected chi connectivity index (χ3v) is 4.57. The van der Waals surface area contributed by atoms with E-state index >= 15 is 0 Å². The first-order valence-corrected chi connectivity index (χ1v) is 9.19. The number of H-pyrrole nitrogens is 1. The molecule has 1 aromatic carbocycles. The van der Waals surface area contributed by atoms with Crippen molar-refractivity contribution in [3.63, 3.8) is 0 Å². The van der Waals surface area contributed by atoms with Crippen LogP contribution < -0.4 is 10.6 Å². The van der Waals surface area contributed by atoms with Crippen molar-refractivity contribution < 1.29 is 4.79 Å². The van der Waals surface area contributed by atoms with E-state index in [4.69, 9.17) is 0 Å². The SMILES string of the molecule is Cc1nc(Cc2ccc(NC(=O)CCc3cc4n(n3)CCNC4)cc2)n[nH]1.Cl. The lowest BCUT2D eigenvalue weighted by Gasteiger charge is -2.13.